The molecule has 3 fully saturated rings. The minimum Gasteiger partial charge on any atom is -0.468 e. The van der Waals surface area contributed by atoms with E-state index < -0.39 is 0 Å². The second-order valence-corrected chi connectivity index (χ2v) is 6.95. The van der Waals surface area contributed by atoms with E-state index in [0.29, 0.717) is 0 Å². The molecule has 0 amide bonds. The molecule has 110 valence electrons. The molecule has 3 heteroatoms. The van der Waals surface area contributed by atoms with Crippen LogP contribution in [0.25, 0.3) is 0 Å². The van der Waals surface area contributed by atoms with E-state index in [1.54, 1.807) is 0 Å². The maximum Gasteiger partial charge on any atom is 0.118 e. The van der Waals surface area contributed by atoms with Gasteiger partial charge in [-0.05, 0) is 57.1 Å². The molecule has 20 heavy (non-hydrogen) atoms. The van der Waals surface area contributed by atoms with Gasteiger partial charge in [0.05, 0.1) is 12.8 Å². The Morgan fingerprint density at radius 1 is 1.15 bits per heavy atom. The number of hydrogen-bond donors (Lipinski definition) is 1. The molecule has 4 rings (SSSR count). The van der Waals surface area contributed by atoms with Crippen molar-refractivity contribution in [1.82, 2.24) is 10.2 Å². The molecule has 2 unspecified atom stereocenters. The van der Waals surface area contributed by atoms with Gasteiger partial charge in [-0.25, -0.2) is 0 Å². The average Bonchev–Trinajstić information content (AvgIpc) is 2.98. The van der Waals surface area contributed by atoms with E-state index in [0.717, 1.165) is 36.9 Å². The normalized spacial score (nSPS) is 30.6. The third-order valence-corrected chi connectivity index (χ3v) is 5.35. The van der Waals surface area contributed by atoms with Crippen LogP contribution >= 0.6 is 0 Å². The molecule has 1 aromatic rings. The first-order valence-corrected chi connectivity index (χ1v) is 8.42. The average molecular weight is 274 g/mol. The fourth-order valence-corrected chi connectivity index (χ4v) is 4.11. The lowest BCUT2D eigenvalue weighted by atomic mass is 9.92. The molecule has 2 saturated carbocycles. The SMILES string of the molecule is c1oc(CN2CCCC3CCCC32)cc1CNC1CC1. The van der Waals surface area contributed by atoms with Crippen LogP contribution in [0, 0.1) is 5.92 Å². The van der Waals surface area contributed by atoms with E-state index in [4.69, 9.17) is 4.42 Å². The standard InChI is InChI=1S/C17H26N2O/c1-3-14-4-2-8-19(17(14)5-1)11-16-9-13(12-20-16)10-18-15-6-7-15/h9,12,14-15,17-18H,1-8,10-11H2. The number of nitrogens with one attached hydrogen (secondary N) is 1. The van der Waals surface area contributed by atoms with Gasteiger partial charge < -0.3 is 9.73 Å². The Morgan fingerprint density at radius 3 is 2.95 bits per heavy atom. The summed E-state index contributed by atoms with van der Waals surface area (Å²) in [5.41, 5.74) is 1.31. The fraction of sp³-hybridized carbons (Fsp3) is 0.765. The van der Waals surface area contributed by atoms with Crippen molar-refractivity contribution >= 4 is 0 Å². The molecule has 0 radical (unpaired) electrons. The highest BCUT2D eigenvalue weighted by molar-refractivity contribution is 5.13. The van der Waals surface area contributed by atoms with Gasteiger partial charge >= 0.3 is 0 Å². The third kappa shape index (κ3) is 2.79. The van der Waals surface area contributed by atoms with Gasteiger partial charge in [-0.15, -0.1) is 0 Å². The van der Waals surface area contributed by atoms with Crippen LogP contribution in [-0.4, -0.2) is 23.5 Å². The first kappa shape index (κ1) is 12.9. The highest BCUT2D eigenvalue weighted by Crippen LogP contribution is 2.37. The van der Waals surface area contributed by atoms with Gasteiger partial charge in [0, 0.05) is 24.2 Å². The highest BCUT2D eigenvalue weighted by atomic mass is 16.3. The molecule has 0 bridgehead atoms. The Labute approximate surface area is 121 Å². The summed E-state index contributed by atoms with van der Waals surface area (Å²) >= 11 is 0. The second-order valence-electron chi connectivity index (χ2n) is 6.95. The zero-order chi connectivity index (χ0) is 13.4. The van der Waals surface area contributed by atoms with Crippen molar-refractivity contribution in [3.05, 3.63) is 23.7 Å². The molecular weight excluding hydrogens is 248 g/mol. The Morgan fingerprint density at radius 2 is 2.05 bits per heavy atom. The van der Waals surface area contributed by atoms with Crippen LogP contribution in [0.15, 0.2) is 16.7 Å². The van der Waals surface area contributed by atoms with Gasteiger partial charge in [0.25, 0.3) is 0 Å². The van der Waals surface area contributed by atoms with Gasteiger partial charge in [0.15, 0.2) is 0 Å². The minimum atomic E-state index is 0.773. The van der Waals surface area contributed by atoms with Crippen LogP contribution in [0.5, 0.6) is 0 Å². The number of rotatable bonds is 5. The topological polar surface area (TPSA) is 28.4 Å². The molecule has 2 atom stereocenters. The largest absolute Gasteiger partial charge is 0.468 e. The van der Waals surface area contributed by atoms with Gasteiger partial charge in [-0.2, -0.15) is 0 Å². The highest BCUT2D eigenvalue weighted by Gasteiger charge is 2.35. The fourth-order valence-electron chi connectivity index (χ4n) is 4.11. The van der Waals surface area contributed by atoms with Crippen LogP contribution in [0.3, 0.4) is 0 Å². The van der Waals surface area contributed by atoms with Gasteiger partial charge in [0.1, 0.15) is 5.76 Å². The van der Waals surface area contributed by atoms with Crippen LogP contribution in [0.1, 0.15) is 56.3 Å². The van der Waals surface area contributed by atoms with Gasteiger partial charge in [0.2, 0.25) is 0 Å². The number of nitrogens with zero attached hydrogens (tertiary/aromatic N) is 1. The lowest BCUT2D eigenvalue weighted by Crippen LogP contribution is -2.41. The minimum absolute atomic E-state index is 0.773. The number of piperidine rings is 1. The van der Waals surface area contributed by atoms with Crippen LogP contribution in [0.2, 0.25) is 0 Å². The molecule has 1 aliphatic heterocycles. The summed E-state index contributed by atoms with van der Waals surface area (Å²) in [5, 5.41) is 3.55. The smallest absolute Gasteiger partial charge is 0.118 e. The van der Waals surface area contributed by atoms with Crippen molar-refractivity contribution in [2.24, 2.45) is 5.92 Å². The van der Waals surface area contributed by atoms with Crippen molar-refractivity contribution in [3.8, 4) is 0 Å². The van der Waals surface area contributed by atoms with E-state index in [9.17, 15) is 0 Å². The summed E-state index contributed by atoms with van der Waals surface area (Å²) < 4.78 is 5.79. The Bertz CT molecular complexity index is 452. The lowest BCUT2D eigenvalue weighted by molar-refractivity contribution is 0.0979. The molecule has 3 nitrogen and oxygen atoms in total. The first-order chi connectivity index (χ1) is 9.88. The van der Waals surface area contributed by atoms with Crippen molar-refractivity contribution in [3.63, 3.8) is 0 Å². The number of furan rings is 1. The summed E-state index contributed by atoms with van der Waals surface area (Å²) in [7, 11) is 0. The van der Waals surface area contributed by atoms with Crippen molar-refractivity contribution in [1.29, 1.82) is 0 Å². The zero-order valence-electron chi connectivity index (χ0n) is 12.3. The monoisotopic (exact) mass is 274 g/mol. The molecule has 0 aromatic carbocycles. The third-order valence-electron chi connectivity index (χ3n) is 5.35. The second kappa shape index (κ2) is 5.53. The molecule has 1 N–H and O–H groups in total. The van der Waals surface area contributed by atoms with Crippen molar-refractivity contribution < 1.29 is 4.42 Å². The molecule has 1 aromatic heterocycles. The van der Waals surface area contributed by atoms with Crippen molar-refractivity contribution in [2.45, 2.75) is 70.1 Å². The maximum atomic E-state index is 5.79. The van der Waals surface area contributed by atoms with E-state index in [-0.39, 0.29) is 0 Å². The van der Waals surface area contributed by atoms with E-state index in [1.807, 2.05) is 6.26 Å². The van der Waals surface area contributed by atoms with E-state index in [1.165, 1.54) is 57.1 Å². The van der Waals surface area contributed by atoms with Crippen LogP contribution in [-0.2, 0) is 13.1 Å². The number of hydrogen-bond acceptors (Lipinski definition) is 3. The molecule has 3 aliphatic rings. The van der Waals surface area contributed by atoms with Crippen molar-refractivity contribution in [2.75, 3.05) is 6.54 Å². The Balaban J connectivity index is 1.35. The quantitative estimate of drug-likeness (QED) is 0.893. The Kier molecular flexibility index (Phi) is 3.57. The Hall–Kier alpha value is -0.800. The molecule has 1 saturated heterocycles. The maximum absolute atomic E-state index is 5.79. The predicted octanol–water partition coefficient (Wildman–Crippen LogP) is 3.30. The first-order valence-electron chi connectivity index (χ1n) is 8.42. The molecule has 2 heterocycles. The van der Waals surface area contributed by atoms with E-state index >= 15 is 0 Å². The predicted molar refractivity (Wildman–Crippen MR) is 79.3 cm³/mol. The summed E-state index contributed by atoms with van der Waals surface area (Å²) in [6, 6.07) is 3.87. The number of likely N-dealkylation sites (tertiary alicyclic amines) is 1. The molecule has 2 aliphatic carbocycles. The molecule has 0 spiro atoms. The summed E-state index contributed by atoms with van der Waals surface area (Å²) in [6.45, 7) is 3.25. The van der Waals surface area contributed by atoms with Crippen LogP contribution in [0.4, 0.5) is 0 Å². The van der Waals surface area contributed by atoms with Gasteiger partial charge in [-0.3, -0.25) is 4.90 Å². The number of fused-ring (bicyclic) bond motifs is 1. The van der Waals surface area contributed by atoms with Crippen LogP contribution < -0.4 is 5.32 Å². The van der Waals surface area contributed by atoms with Gasteiger partial charge in [-0.1, -0.05) is 6.42 Å². The summed E-state index contributed by atoms with van der Waals surface area (Å²) in [4.78, 5) is 2.68. The van der Waals surface area contributed by atoms with E-state index in [2.05, 4.69) is 16.3 Å². The molecular formula is C17H26N2O. The lowest BCUT2D eigenvalue weighted by Gasteiger charge is -2.37. The summed E-state index contributed by atoms with van der Waals surface area (Å²) in [6.07, 6.45) is 11.8. The zero-order valence-corrected chi connectivity index (χ0v) is 12.3. The summed E-state index contributed by atoms with van der Waals surface area (Å²) in [5.74, 6) is 2.12.